The highest BCUT2D eigenvalue weighted by atomic mass is 35.5. The smallest absolute Gasteiger partial charge is 0.413 e. The molecular formula is C25H19Cl2N3O4S2. The molecule has 1 aromatic carbocycles. The van der Waals surface area contributed by atoms with Crippen LogP contribution in [-0.4, -0.2) is 26.9 Å². The van der Waals surface area contributed by atoms with Crippen LogP contribution in [0.3, 0.4) is 0 Å². The van der Waals surface area contributed by atoms with Crippen molar-refractivity contribution in [2.45, 2.75) is 31.3 Å². The Hall–Kier alpha value is -3.03. The van der Waals surface area contributed by atoms with Gasteiger partial charge in [-0.25, -0.2) is 4.79 Å². The van der Waals surface area contributed by atoms with E-state index in [0.29, 0.717) is 44.7 Å². The van der Waals surface area contributed by atoms with E-state index in [-0.39, 0.29) is 0 Å². The fraction of sp³-hybridized carbons (Fsp3) is 0.240. The van der Waals surface area contributed by atoms with E-state index in [9.17, 15) is 14.7 Å². The van der Waals surface area contributed by atoms with Gasteiger partial charge in [-0.1, -0.05) is 47.3 Å². The lowest BCUT2D eigenvalue weighted by molar-refractivity contribution is -0.139. The SMILES string of the molecule is CC(OC(=O)Nc1c(C#Cc2sc3cc(C4(C(=O)O)CC4)sc3c2Cl)cnn1C)c1ccccc1Cl. The molecule has 0 spiro atoms. The lowest BCUT2D eigenvalue weighted by Gasteiger charge is -2.15. The fourth-order valence-electron chi connectivity index (χ4n) is 3.82. The van der Waals surface area contributed by atoms with Crippen LogP contribution in [0.15, 0.2) is 36.5 Å². The monoisotopic (exact) mass is 559 g/mol. The molecule has 3 aromatic heterocycles. The molecule has 0 saturated heterocycles. The Bertz CT molecular complexity index is 1570. The molecule has 11 heteroatoms. The summed E-state index contributed by atoms with van der Waals surface area (Å²) in [6.07, 6.45) is 1.63. The minimum Gasteiger partial charge on any atom is -0.481 e. The molecule has 184 valence electrons. The number of hydrogen-bond donors (Lipinski definition) is 2. The molecule has 7 nitrogen and oxygen atoms in total. The number of nitrogens with zero attached hydrogens (tertiary/aromatic N) is 2. The third-order valence-electron chi connectivity index (χ3n) is 6.04. The van der Waals surface area contributed by atoms with Crippen molar-refractivity contribution in [2.75, 3.05) is 5.32 Å². The molecule has 1 saturated carbocycles. The molecule has 0 bridgehead atoms. The van der Waals surface area contributed by atoms with E-state index in [1.54, 1.807) is 38.4 Å². The summed E-state index contributed by atoms with van der Waals surface area (Å²) in [5.74, 6) is 5.69. The molecular weight excluding hydrogens is 541 g/mol. The van der Waals surface area contributed by atoms with Crippen molar-refractivity contribution < 1.29 is 19.4 Å². The van der Waals surface area contributed by atoms with Gasteiger partial charge >= 0.3 is 12.1 Å². The second kappa shape index (κ2) is 9.45. The topological polar surface area (TPSA) is 93.4 Å². The molecule has 3 heterocycles. The minimum atomic E-state index is -0.788. The van der Waals surface area contributed by atoms with Gasteiger partial charge in [0.2, 0.25) is 0 Å². The first kappa shape index (κ1) is 24.7. The number of aryl methyl sites for hydroxylation is 1. The van der Waals surface area contributed by atoms with Crippen LogP contribution in [0.25, 0.3) is 9.40 Å². The van der Waals surface area contributed by atoms with E-state index in [2.05, 4.69) is 22.3 Å². The quantitative estimate of drug-likeness (QED) is 0.261. The van der Waals surface area contributed by atoms with Crippen LogP contribution >= 0.6 is 45.9 Å². The molecule has 1 atom stereocenters. The number of fused-ring (bicyclic) bond motifs is 1. The number of rotatable bonds is 5. The van der Waals surface area contributed by atoms with Gasteiger partial charge < -0.3 is 9.84 Å². The summed E-state index contributed by atoms with van der Waals surface area (Å²) in [5.41, 5.74) is 0.439. The molecule has 1 fully saturated rings. The van der Waals surface area contributed by atoms with Crippen molar-refractivity contribution in [3.8, 4) is 11.8 Å². The zero-order valence-corrected chi connectivity index (χ0v) is 22.2. The number of nitrogens with one attached hydrogen (secondary N) is 1. The number of aromatic nitrogens is 2. The van der Waals surface area contributed by atoms with Gasteiger partial charge in [0.1, 0.15) is 17.3 Å². The largest absolute Gasteiger partial charge is 0.481 e. The number of halogens is 2. The average molecular weight is 560 g/mol. The molecule has 1 aliphatic carbocycles. The molecule has 0 radical (unpaired) electrons. The lowest BCUT2D eigenvalue weighted by atomic mass is 10.1. The summed E-state index contributed by atoms with van der Waals surface area (Å²) >= 11 is 15.6. The third-order valence-corrected chi connectivity index (χ3v) is 9.52. The van der Waals surface area contributed by atoms with Crippen LogP contribution in [0.4, 0.5) is 10.6 Å². The van der Waals surface area contributed by atoms with Gasteiger partial charge in [-0.05, 0) is 37.8 Å². The predicted octanol–water partition coefficient (Wildman–Crippen LogP) is 6.83. The maximum Gasteiger partial charge on any atom is 0.413 e. The standard InChI is InChI=1S/C25H19Cl2N3O4S2/c1-13(15-5-3-4-6-16(15)26)34-24(33)29-22-14(12-28-30(22)2)7-8-17-20(27)21-18(35-17)11-19(36-21)25(9-10-25)23(31)32/h3-6,11-13H,9-10H2,1-2H3,(H,29,33)(H,31,32). The number of carboxylic acids is 1. The van der Waals surface area contributed by atoms with Gasteiger partial charge in [-0.15, -0.1) is 22.7 Å². The average Bonchev–Trinajstić information content (AvgIpc) is 3.33. The highest BCUT2D eigenvalue weighted by Crippen LogP contribution is 2.54. The van der Waals surface area contributed by atoms with Crippen LogP contribution in [-0.2, 0) is 22.0 Å². The van der Waals surface area contributed by atoms with Gasteiger partial charge in [-0.2, -0.15) is 5.10 Å². The Morgan fingerprint density at radius 3 is 2.67 bits per heavy atom. The number of ether oxygens (including phenoxy) is 1. The summed E-state index contributed by atoms with van der Waals surface area (Å²) in [5, 5.41) is 17.5. The van der Waals surface area contributed by atoms with Gasteiger partial charge in [0.25, 0.3) is 0 Å². The van der Waals surface area contributed by atoms with E-state index in [1.165, 1.54) is 27.4 Å². The number of hydrogen-bond acceptors (Lipinski definition) is 6. The van der Waals surface area contributed by atoms with Crippen molar-refractivity contribution >= 4 is 73.2 Å². The number of anilines is 1. The van der Waals surface area contributed by atoms with Crippen molar-refractivity contribution in [1.29, 1.82) is 0 Å². The number of amides is 1. The van der Waals surface area contributed by atoms with Crippen LogP contribution in [0.5, 0.6) is 0 Å². The lowest BCUT2D eigenvalue weighted by Crippen LogP contribution is -2.18. The Balaban J connectivity index is 1.34. The zero-order valence-electron chi connectivity index (χ0n) is 19.1. The Morgan fingerprint density at radius 1 is 1.25 bits per heavy atom. The van der Waals surface area contributed by atoms with Gasteiger partial charge in [0.15, 0.2) is 0 Å². The maximum absolute atomic E-state index is 12.6. The molecule has 1 aliphatic rings. The summed E-state index contributed by atoms with van der Waals surface area (Å²) in [7, 11) is 1.68. The second-order valence-electron chi connectivity index (χ2n) is 8.41. The molecule has 4 aromatic rings. The van der Waals surface area contributed by atoms with Crippen molar-refractivity contribution in [3.63, 3.8) is 0 Å². The van der Waals surface area contributed by atoms with Gasteiger partial charge in [0, 0.05) is 27.2 Å². The third kappa shape index (κ3) is 4.46. The second-order valence-corrected chi connectivity index (χ2v) is 11.3. The molecule has 2 N–H and O–H groups in total. The van der Waals surface area contributed by atoms with Gasteiger partial charge in [0.05, 0.1) is 26.4 Å². The first-order valence-electron chi connectivity index (χ1n) is 10.9. The Morgan fingerprint density at radius 2 is 2.00 bits per heavy atom. The summed E-state index contributed by atoms with van der Waals surface area (Å²) in [6.45, 7) is 1.74. The van der Waals surface area contributed by atoms with Crippen molar-refractivity contribution in [1.82, 2.24) is 9.78 Å². The molecule has 36 heavy (non-hydrogen) atoms. The summed E-state index contributed by atoms with van der Waals surface area (Å²) in [4.78, 5) is 25.7. The van der Waals surface area contributed by atoms with Crippen molar-refractivity contribution in [3.05, 3.63) is 67.5 Å². The normalized spacial score (nSPS) is 14.7. The van der Waals surface area contributed by atoms with Crippen LogP contribution < -0.4 is 5.32 Å². The maximum atomic E-state index is 12.6. The highest BCUT2D eigenvalue weighted by molar-refractivity contribution is 7.29. The summed E-state index contributed by atoms with van der Waals surface area (Å²) < 4.78 is 8.74. The molecule has 5 rings (SSSR count). The van der Waals surface area contributed by atoms with Crippen LogP contribution in [0.1, 0.15) is 46.8 Å². The minimum absolute atomic E-state index is 0.382. The van der Waals surface area contributed by atoms with E-state index in [1.807, 2.05) is 12.1 Å². The first-order chi connectivity index (χ1) is 17.2. The molecule has 1 amide bonds. The number of carbonyl (C=O) groups excluding carboxylic acids is 1. The zero-order chi connectivity index (χ0) is 25.6. The number of carboxylic acid groups (broad SMARTS) is 1. The number of carbonyl (C=O) groups is 2. The Kier molecular flexibility index (Phi) is 6.47. The van der Waals surface area contributed by atoms with E-state index >= 15 is 0 Å². The number of thiophene rings is 2. The number of aliphatic carboxylic acids is 1. The van der Waals surface area contributed by atoms with Gasteiger partial charge in [-0.3, -0.25) is 14.8 Å². The van der Waals surface area contributed by atoms with E-state index in [0.717, 1.165) is 14.3 Å². The van der Waals surface area contributed by atoms with E-state index < -0.39 is 23.6 Å². The van der Waals surface area contributed by atoms with E-state index in [4.69, 9.17) is 27.9 Å². The van der Waals surface area contributed by atoms with Crippen LogP contribution in [0.2, 0.25) is 10.0 Å². The van der Waals surface area contributed by atoms with Crippen LogP contribution in [0, 0.1) is 11.8 Å². The Labute approximate surface area is 224 Å². The number of benzene rings is 1. The molecule has 0 aliphatic heterocycles. The fourth-order valence-corrected chi connectivity index (χ4v) is 7.06. The summed E-state index contributed by atoms with van der Waals surface area (Å²) in [6, 6.07) is 9.08. The predicted molar refractivity (Wildman–Crippen MR) is 142 cm³/mol. The highest BCUT2D eigenvalue weighted by Gasteiger charge is 2.53. The first-order valence-corrected chi connectivity index (χ1v) is 13.3. The van der Waals surface area contributed by atoms with Crippen molar-refractivity contribution in [2.24, 2.45) is 7.05 Å². The molecule has 1 unspecified atom stereocenters.